The molecule has 3 nitrogen and oxygen atoms in total. The van der Waals surface area contributed by atoms with Crippen molar-refractivity contribution in [2.45, 2.75) is 29.6 Å². The molecule has 0 bridgehead atoms. The Hall–Kier alpha value is 0.160. The first-order valence-corrected chi connectivity index (χ1v) is 5.72. The highest BCUT2D eigenvalue weighted by molar-refractivity contribution is 14.1. The number of rotatable bonds is 2. The first kappa shape index (κ1) is 11.2. The number of alkyl halides is 1. The molecule has 13 heavy (non-hydrogen) atoms. The molecule has 0 unspecified atom stereocenters. The fraction of sp³-hybridized carbons (Fsp3) is 0.889. The van der Waals surface area contributed by atoms with Gasteiger partial charge in [-0.3, -0.25) is 4.79 Å². The monoisotopic (exact) mass is 298 g/mol. The maximum Gasteiger partial charge on any atom is 0.314 e. The third-order valence-corrected chi connectivity index (χ3v) is 4.04. The fourth-order valence-electron chi connectivity index (χ4n) is 1.78. The average molecular weight is 298 g/mol. The van der Waals surface area contributed by atoms with Crippen LogP contribution in [0.3, 0.4) is 0 Å². The molecule has 1 fully saturated rings. The van der Waals surface area contributed by atoms with Crippen LogP contribution in [0, 0.1) is 5.41 Å². The van der Waals surface area contributed by atoms with E-state index >= 15 is 0 Å². The summed E-state index contributed by atoms with van der Waals surface area (Å²) in [6, 6.07) is 0. The van der Waals surface area contributed by atoms with Crippen molar-refractivity contribution < 1.29 is 14.6 Å². The second-order valence-corrected chi connectivity index (χ2v) is 5.37. The summed E-state index contributed by atoms with van der Waals surface area (Å²) in [5, 5.41) is 9.23. The Morgan fingerprint density at radius 1 is 1.62 bits per heavy atom. The van der Waals surface area contributed by atoms with Crippen LogP contribution in [-0.4, -0.2) is 28.7 Å². The van der Waals surface area contributed by atoms with Gasteiger partial charge in [0.15, 0.2) is 0 Å². The Labute approximate surface area is 92.0 Å². The molecular weight excluding hydrogens is 283 g/mol. The van der Waals surface area contributed by atoms with E-state index < -0.39 is 5.41 Å². The van der Waals surface area contributed by atoms with Crippen LogP contribution in [0.4, 0.5) is 0 Å². The van der Waals surface area contributed by atoms with Crippen molar-refractivity contribution in [1.82, 2.24) is 0 Å². The summed E-state index contributed by atoms with van der Waals surface area (Å²) < 4.78 is 5.36. The first-order valence-electron chi connectivity index (χ1n) is 4.48. The molecule has 0 atom stereocenters. The van der Waals surface area contributed by atoms with E-state index in [1.165, 1.54) is 7.11 Å². The average Bonchev–Trinajstić information content (AvgIpc) is 2.18. The Kier molecular flexibility index (Phi) is 3.97. The standard InChI is InChI=1S/C9H15IO3/c1-13-8(12)9(6-11)4-2-7(10)3-5-9/h7,11H,2-6H2,1H3. The van der Waals surface area contributed by atoms with E-state index in [-0.39, 0.29) is 12.6 Å². The molecule has 0 aromatic carbocycles. The number of hydrogen-bond donors (Lipinski definition) is 1. The van der Waals surface area contributed by atoms with E-state index in [0.29, 0.717) is 3.92 Å². The van der Waals surface area contributed by atoms with Gasteiger partial charge in [0, 0.05) is 3.92 Å². The quantitative estimate of drug-likeness (QED) is 0.477. The van der Waals surface area contributed by atoms with Gasteiger partial charge in [-0.1, -0.05) is 22.6 Å². The molecule has 4 heteroatoms. The van der Waals surface area contributed by atoms with E-state index in [1.807, 2.05) is 0 Å². The molecule has 0 radical (unpaired) electrons. The molecule has 0 aliphatic heterocycles. The summed E-state index contributed by atoms with van der Waals surface area (Å²) in [5.41, 5.74) is -0.601. The van der Waals surface area contributed by atoms with Crippen molar-refractivity contribution in [3.8, 4) is 0 Å². The number of carbonyl (C=O) groups excluding carboxylic acids is 1. The summed E-state index contributed by atoms with van der Waals surface area (Å²) in [6.45, 7) is -0.0803. The lowest BCUT2D eigenvalue weighted by Gasteiger charge is -2.34. The van der Waals surface area contributed by atoms with Gasteiger partial charge in [-0.25, -0.2) is 0 Å². The minimum absolute atomic E-state index is 0.0803. The van der Waals surface area contributed by atoms with Gasteiger partial charge in [0.25, 0.3) is 0 Å². The van der Waals surface area contributed by atoms with Crippen LogP contribution in [-0.2, 0) is 9.53 Å². The lowest BCUT2D eigenvalue weighted by atomic mass is 9.75. The number of hydrogen-bond acceptors (Lipinski definition) is 3. The maximum atomic E-state index is 11.4. The van der Waals surface area contributed by atoms with Crippen LogP contribution in [0.15, 0.2) is 0 Å². The van der Waals surface area contributed by atoms with Crippen LogP contribution in [0.5, 0.6) is 0 Å². The molecule has 76 valence electrons. The molecule has 0 saturated heterocycles. The predicted octanol–water partition coefficient (Wildman–Crippen LogP) is 1.52. The molecule has 1 N–H and O–H groups in total. The van der Waals surface area contributed by atoms with E-state index in [4.69, 9.17) is 4.74 Å². The Morgan fingerprint density at radius 2 is 2.15 bits per heavy atom. The Balaban J connectivity index is 2.65. The number of methoxy groups -OCH3 is 1. The Morgan fingerprint density at radius 3 is 2.54 bits per heavy atom. The largest absolute Gasteiger partial charge is 0.469 e. The predicted molar refractivity (Wildman–Crippen MR) is 57.8 cm³/mol. The van der Waals surface area contributed by atoms with E-state index in [9.17, 15) is 9.90 Å². The molecule has 1 aliphatic rings. The van der Waals surface area contributed by atoms with Crippen LogP contribution in [0.1, 0.15) is 25.7 Å². The summed E-state index contributed by atoms with van der Waals surface area (Å²) in [7, 11) is 1.38. The molecule has 0 spiro atoms. The van der Waals surface area contributed by atoms with Crippen molar-refractivity contribution in [2.24, 2.45) is 5.41 Å². The minimum Gasteiger partial charge on any atom is -0.469 e. The maximum absolute atomic E-state index is 11.4. The molecule has 0 aromatic rings. The SMILES string of the molecule is COC(=O)C1(CO)CCC(I)CC1. The molecule has 1 rings (SSSR count). The fourth-order valence-corrected chi connectivity index (χ4v) is 2.40. The van der Waals surface area contributed by atoms with Crippen molar-refractivity contribution in [2.75, 3.05) is 13.7 Å². The summed E-state index contributed by atoms with van der Waals surface area (Å²) in [6.07, 6.45) is 3.50. The van der Waals surface area contributed by atoms with Gasteiger partial charge in [0.05, 0.1) is 19.1 Å². The van der Waals surface area contributed by atoms with Gasteiger partial charge in [0.2, 0.25) is 0 Å². The van der Waals surface area contributed by atoms with Gasteiger partial charge < -0.3 is 9.84 Å². The molecule has 0 heterocycles. The number of carbonyl (C=O) groups is 1. The minimum atomic E-state index is -0.601. The molecular formula is C9H15IO3. The van der Waals surface area contributed by atoms with Crippen molar-refractivity contribution >= 4 is 28.6 Å². The van der Waals surface area contributed by atoms with E-state index in [2.05, 4.69) is 22.6 Å². The second-order valence-electron chi connectivity index (χ2n) is 3.60. The van der Waals surface area contributed by atoms with Crippen molar-refractivity contribution in [3.05, 3.63) is 0 Å². The summed E-state index contributed by atoms with van der Waals surface area (Å²) in [4.78, 5) is 11.4. The van der Waals surface area contributed by atoms with Crippen LogP contribution in [0.25, 0.3) is 0 Å². The number of halogens is 1. The van der Waals surface area contributed by atoms with Gasteiger partial charge in [-0.15, -0.1) is 0 Å². The summed E-state index contributed by atoms with van der Waals surface area (Å²) >= 11 is 2.39. The molecule has 1 aliphatic carbocycles. The third-order valence-electron chi connectivity index (χ3n) is 2.79. The van der Waals surface area contributed by atoms with Gasteiger partial charge >= 0.3 is 5.97 Å². The second kappa shape index (κ2) is 4.59. The zero-order chi connectivity index (χ0) is 9.90. The van der Waals surface area contributed by atoms with Crippen LogP contribution in [0.2, 0.25) is 0 Å². The van der Waals surface area contributed by atoms with Gasteiger partial charge in [-0.05, 0) is 25.7 Å². The number of aliphatic hydroxyl groups is 1. The smallest absolute Gasteiger partial charge is 0.314 e. The lowest BCUT2D eigenvalue weighted by molar-refractivity contribution is -0.157. The molecule has 0 aromatic heterocycles. The highest BCUT2D eigenvalue weighted by atomic mass is 127. The topological polar surface area (TPSA) is 46.5 Å². The normalized spacial score (nSPS) is 34.2. The number of esters is 1. The molecule has 1 saturated carbocycles. The van der Waals surface area contributed by atoms with Crippen LogP contribution < -0.4 is 0 Å². The van der Waals surface area contributed by atoms with Gasteiger partial charge in [0.1, 0.15) is 0 Å². The van der Waals surface area contributed by atoms with Gasteiger partial charge in [-0.2, -0.15) is 0 Å². The third kappa shape index (κ3) is 2.34. The first-order chi connectivity index (χ1) is 6.14. The highest BCUT2D eigenvalue weighted by Crippen LogP contribution is 2.39. The zero-order valence-corrected chi connectivity index (χ0v) is 9.91. The van der Waals surface area contributed by atoms with E-state index in [1.54, 1.807) is 0 Å². The van der Waals surface area contributed by atoms with Crippen LogP contribution >= 0.6 is 22.6 Å². The number of ether oxygens (including phenoxy) is 1. The zero-order valence-electron chi connectivity index (χ0n) is 7.75. The highest BCUT2D eigenvalue weighted by Gasteiger charge is 2.41. The van der Waals surface area contributed by atoms with Crippen molar-refractivity contribution in [1.29, 1.82) is 0 Å². The lowest BCUT2D eigenvalue weighted by Crippen LogP contribution is -2.39. The van der Waals surface area contributed by atoms with Crippen molar-refractivity contribution in [3.63, 3.8) is 0 Å². The Bertz CT molecular complexity index is 185. The van der Waals surface area contributed by atoms with E-state index in [0.717, 1.165) is 25.7 Å². The molecule has 0 amide bonds. The summed E-state index contributed by atoms with van der Waals surface area (Å²) in [5.74, 6) is -0.252. The number of aliphatic hydroxyl groups excluding tert-OH is 1.